The molecule has 4 rings (SSSR count). The molecule has 1 aromatic carbocycles. The van der Waals surface area contributed by atoms with E-state index in [-0.39, 0.29) is 24.8 Å². The summed E-state index contributed by atoms with van der Waals surface area (Å²) in [6.07, 6.45) is 0.0764. The highest BCUT2D eigenvalue weighted by molar-refractivity contribution is 7.22. The number of fused-ring (bicyclic) bond motifs is 1. The topological polar surface area (TPSA) is 90.0 Å². The van der Waals surface area contributed by atoms with Crippen molar-refractivity contribution in [1.82, 2.24) is 14.8 Å². The Kier molecular flexibility index (Phi) is 4.58. The molecule has 0 bridgehead atoms. The van der Waals surface area contributed by atoms with Crippen molar-refractivity contribution in [2.75, 3.05) is 5.32 Å². The standard InChI is InChI=1S/C16H11ClN4O3S2/c17-9-3-4-10-12(8-9)26-15(18-10)19-13(22)5-6-21-16(23)24-14(20-21)11-2-1-7-25-11/h1-4,7-8H,5-6H2,(H,18,19,22). The number of nitrogens with zero attached hydrogens (tertiary/aromatic N) is 3. The Labute approximate surface area is 159 Å². The molecule has 0 fully saturated rings. The lowest BCUT2D eigenvalue weighted by Gasteiger charge is -2.00. The smallest absolute Gasteiger partial charge is 0.387 e. The Balaban J connectivity index is 1.41. The molecule has 3 heterocycles. The Hall–Kier alpha value is -2.49. The molecule has 4 aromatic rings. The summed E-state index contributed by atoms with van der Waals surface area (Å²) < 4.78 is 7.15. The molecule has 26 heavy (non-hydrogen) atoms. The van der Waals surface area contributed by atoms with E-state index in [2.05, 4.69) is 15.4 Å². The van der Waals surface area contributed by atoms with Gasteiger partial charge in [0.05, 0.1) is 21.6 Å². The number of amides is 1. The van der Waals surface area contributed by atoms with Crippen molar-refractivity contribution in [1.29, 1.82) is 0 Å². The van der Waals surface area contributed by atoms with Gasteiger partial charge in [-0.1, -0.05) is 29.0 Å². The Bertz CT molecular complexity index is 1130. The number of hydrogen-bond acceptors (Lipinski definition) is 7. The highest BCUT2D eigenvalue weighted by atomic mass is 35.5. The van der Waals surface area contributed by atoms with Gasteiger partial charge in [-0.15, -0.1) is 16.4 Å². The Morgan fingerprint density at radius 3 is 3.04 bits per heavy atom. The molecule has 0 saturated carbocycles. The summed E-state index contributed by atoms with van der Waals surface area (Å²) in [4.78, 5) is 29.1. The van der Waals surface area contributed by atoms with Crippen LogP contribution < -0.4 is 11.1 Å². The molecule has 0 aliphatic heterocycles. The number of anilines is 1. The van der Waals surface area contributed by atoms with Gasteiger partial charge in [-0.25, -0.2) is 9.78 Å². The van der Waals surface area contributed by atoms with E-state index in [0.717, 1.165) is 19.8 Å². The molecule has 10 heteroatoms. The monoisotopic (exact) mass is 406 g/mol. The molecule has 0 unspecified atom stereocenters. The first kappa shape index (κ1) is 17.0. The molecular formula is C16H11ClN4O3S2. The SMILES string of the molecule is O=C(CCn1nc(-c2cccs2)oc1=O)Nc1nc2ccc(Cl)cc2s1. The predicted molar refractivity (Wildman–Crippen MR) is 102 cm³/mol. The third-order valence-corrected chi connectivity index (χ3v) is 5.51. The van der Waals surface area contributed by atoms with Crippen LogP contribution in [0.3, 0.4) is 0 Å². The number of thiazole rings is 1. The molecule has 3 aromatic heterocycles. The summed E-state index contributed by atoms with van der Waals surface area (Å²) >= 11 is 8.71. The van der Waals surface area contributed by atoms with Gasteiger partial charge < -0.3 is 9.73 Å². The Morgan fingerprint density at radius 1 is 1.35 bits per heavy atom. The number of carbonyl (C=O) groups excluding carboxylic acids is 1. The number of halogens is 1. The van der Waals surface area contributed by atoms with Crippen LogP contribution in [0.4, 0.5) is 5.13 Å². The van der Waals surface area contributed by atoms with Gasteiger partial charge in [0.1, 0.15) is 0 Å². The van der Waals surface area contributed by atoms with Gasteiger partial charge in [-0.2, -0.15) is 4.68 Å². The largest absolute Gasteiger partial charge is 0.437 e. The van der Waals surface area contributed by atoms with Crippen LogP contribution in [-0.2, 0) is 11.3 Å². The summed E-state index contributed by atoms with van der Waals surface area (Å²) in [7, 11) is 0. The van der Waals surface area contributed by atoms with Crippen LogP contribution in [0.1, 0.15) is 6.42 Å². The summed E-state index contributed by atoms with van der Waals surface area (Å²) in [6.45, 7) is 0.121. The summed E-state index contributed by atoms with van der Waals surface area (Å²) in [6, 6.07) is 9.00. The van der Waals surface area contributed by atoms with Crippen molar-refractivity contribution in [3.8, 4) is 10.8 Å². The summed E-state index contributed by atoms with van der Waals surface area (Å²) in [5.74, 6) is -0.591. The van der Waals surface area contributed by atoms with E-state index in [9.17, 15) is 9.59 Å². The highest BCUT2D eigenvalue weighted by Crippen LogP contribution is 2.28. The van der Waals surface area contributed by atoms with Gasteiger partial charge in [-0.3, -0.25) is 4.79 Å². The van der Waals surface area contributed by atoms with Crippen LogP contribution in [-0.4, -0.2) is 20.7 Å². The highest BCUT2D eigenvalue weighted by Gasteiger charge is 2.13. The molecule has 0 spiro atoms. The molecule has 0 radical (unpaired) electrons. The number of benzene rings is 1. The fourth-order valence-electron chi connectivity index (χ4n) is 2.29. The van der Waals surface area contributed by atoms with E-state index in [0.29, 0.717) is 10.2 Å². The molecule has 0 atom stereocenters. The fraction of sp³-hybridized carbons (Fsp3) is 0.125. The second-order valence-electron chi connectivity index (χ2n) is 5.30. The minimum absolute atomic E-state index is 0.0764. The zero-order chi connectivity index (χ0) is 18.1. The summed E-state index contributed by atoms with van der Waals surface area (Å²) in [5, 5.41) is 9.81. The maximum Gasteiger partial charge on any atom is 0.437 e. The maximum absolute atomic E-state index is 12.1. The second-order valence-corrected chi connectivity index (χ2v) is 7.72. The van der Waals surface area contributed by atoms with Crippen LogP contribution in [0.2, 0.25) is 5.02 Å². The number of nitrogens with one attached hydrogen (secondary N) is 1. The summed E-state index contributed by atoms with van der Waals surface area (Å²) in [5.41, 5.74) is 0.767. The van der Waals surface area contributed by atoms with E-state index in [4.69, 9.17) is 16.0 Å². The van der Waals surface area contributed by atoms with E-state index >= 15 is 0 Å². The Morgan fingerprint density at radius 2 is 2.23 bits per heavy atom. The van der Waals surface area contributed by atoms with Gasteiger partial charge in [0.15, 0.2) is 5.13 Å². The van der Waals surface area contributed by atoms with E-state index < -0.39 is 5.76 Å². The van der Waals surface area contributed by atoms with Crippen molar-refractivity contribution >= 4 is 55.5 Å². The van der Waals surface area contributed by atoms with Crippen LogP contribution in [0.25, 0.3) is 21.0 Å². The lowest BCUT2D eigenvalue weighted by Crippen LogP contribution is -2.20. The van der Waals surface area contributed by atoms with Gasteiger partial charge in [0.25, 0.3) is 5.89 Å². The lowest BCUT2D eigenvalue weighted by atomic mass is 10.3. The van der Waals surface area contributed by atoms with Crippen molar-refractivity contribution < 1.29 is 9.21 Å². The van der Waals surface area contributed by atoms with Gasteiger partial charge in [-0.05, 0) is 29.6 Å². The first-order chi connectivity index (χ1) is 12.6. The van der Waals surface area contributed by atoms with Crippen molar-refractivity contribution in [3.63, 3.8) is 0 Å². The molecular weight excluding hydrogens is 396 g/mol. The molecule has 0 aliphatic carbocycles. The first-order valence-corrected chi connectivity index (χ1v) is 9.64. The number of thiophene rings is 1. The average Bonchev–Trinajstić information content (AvgIpc) is 3.32. The predicted octanol–water partition coefficient (Wildman–Crippen LogP) is 3.86. The third-order valence-electron chi connectivity index (χ3n) is 3.49. The number of aromatic nitrogens is 3. The maximum atomic E-state index is 12.1. The van der Waals surface area contributed by atoms with Crippen LogP contribution in [0.15, 0.2) is 44.9 Å². The van der Waals surface area contributed by atoms with Crippen LogP contribution in [0, 0.1) is 0 Å². The van der Waals surface area contributed by atoms with Gasteiger partial charge in [0, 0.05) is 11.4 Å². The van der Waals surface area contributed by atoms with Gasteiger partial charge in [0.2, 0.25) is 5.91 Å². The van der Waals surface area contributed by atoms with E-state index in [1.807, 2.05) is 17.5 Å². The van der Waals surface area contributed by atoms with Crippen molar-refractivity contribution in [2.24, 2.45) is 0 Å². The van der Waals surface area contributed by atoms with Crippen LogP contribution >= 0.6 is 34.3 Å². The van der Waals surface area contributed by atoms with Crippen molar-refractivity contribution in [3.05, 3.63) is 51.3 Å². The second kappa shape index (κ2) is 7.02. The molecule has 1 N–H and O–H groups in total. The van der Waals surface area contributed by atoms with E-state index in [1.54, 1.807) is 18.2 Å². The lowest BCUT2D eigenvalue weighted by molar-refractivity contribution is -0.116. The van der Waals surface area contributed by atoms with Crippen LogP contribution in [0.5, 0.6) is 0 Å². The molecule has 1 amide bonds. The quantitative estimate of drug-likeness (QED) is 0.543. The number of rotatable bonds is 5. The average molecular weight is 407 g/mol. The minimum Gasteiger partial charge on any atom is -0.387 e. The zero-order valence-corrected chi connectivity index (χ0v) is 15.5. The third kappa shape index (κ3) is 3.55. The number of hydrogen-bond donors (Lipinski definition) is 1. The van der Waals surface area contributed by atoms with Crippen molar-refractivity contribution in [2.45, 2.75) is 13.0 Å². The number of aryl methyl sites for hydroxylation is 1. The molecule has 0 aliphatic rings. The number of carbonyl (C=O) groups is 1. The first-order valence-electron chi connectivity index (χ1n) is 7.56. The zero-order valence-electron chi connectivity index (χ0n) is 13.1. The molecule has 7 nitrogen and oxygen atoms in total. The minimum atomic E-state index is -0.587. The fourth-order valence-corrected chi connectivity index (χ4v) is 4.09. The normalized spacial score (nSPS) is 11.1. The molecule has 132 valence electrons. The van der Waals surface area contributed by atoms with E-state index in [1.165, 1.54) is 22.7 Å². The molecule has 0 saturated heterocycles. The van der Waals surface area contributed by atoms with Gasteiger partial charge >= 0.3 is 5.76 Å².